The van der Waals surface area contributed by atoms with E-state index in [0.29, 0.717) is 34.6 Å². The fourth-order valence-corrected chi connectivity index (χ4v) is 3.04. The molecular formula is C18H18N4O4S. The number of hydrogen-bond acceptors (Lipinski definition) is 7. The van der Waals surface area contributed by atoms with Gasteiger partial charge in [0.1, 0.15) is 11.4 Å². The molecule has 1 amide bonds. The van der Waals surface area contributed by atoms with Crippen LogP contribution in [-0.2, 0) is 16.0 Å². The Morgan fingerprint density at radius 2 is 2.15 bits per heavy atom. The number of hydrogen-bond donors (Lipinski definition) is 2. The maximum Gasteiger partial charge on any atom is 0.311 e. The maximum absolute atomic E-state index is 12.4. The fraction of sp³-hybridized carbons (Fsp3) is 0.222. The van der Waals surface area contributed by atoms with Gasteiger partial charge in [0.05, 0.1) is 31.5 Å². The number of amides is 1. The summed E-state index contributed by atoms with van der Waals surface area (Å²) in [5.41, 5.74) is 2.31. The summed E-state index contributed by atoms with van der Waals surface area (Å²) >= 11 is 1.24. The highest BCUT2D eigenvalue weighted by Gasteiger charge is 2.14. The molecule has 0 saturated carbocycles. The molecule has 0 aliphatic heterocycles. The first-order valence-corrected chi connectivity index (χ1v) is 9.08. The van der Waals surface area contributed by atoms with Crippen molar-refractivity contribution in [3.63, 3.8) is 0 Å². The summed E-state index contributed by atoms with van der Waals surface area (Å²) in [4.78, 5) is 28.1. The quantitative estimate of drug-likeness (QED) is 0.605. The number of aromatic amines is 1. The van der Waals surface area contributed by atoms with Gasteiger partial charge in [-0.1, -0.05) is 12.1 Å². The number of carbonyl (C=O) groups excluding carboxylic acids is 2. The van der Waals surface area contributed by atoms with E-state index >= 15 is 0 Å². The van der Waals surface area contributed by atoms with Gasteiger partial charge in [0.2, 0.25) is 0 Å². The highest BCUT2D eigenvalue weighted by Crippen LogP contribution is 2.23. The van der Waals surface area contributed by atoms with Crippen LogP contribution < -0.4 is 10.1 Å². The van der Waals surface area contributed by atoms with E-state index in [9.17, 15) is 9.59 Å². The van der Waals surface area contributed by atoms with Crippen LogP contribution in [0.2, 0.25) is 0 Å². The van der Waals surface area contributed by atoms with E-state index in [2.05, 4.69) is 20.5 Å². The van der Waals surface area contributed by atoms with Crippen molar-refractivity contribution in [3.05, 3.63) is 47.1 Å². The summed E-state index contributed by atoms with van der Waals surface area (Å²) in [5, 5.41) is 11.7. The summed E-state index contributed by atoms with van der Waals surface area (Å²) in [7, 11) is 1.59. The summed E-state index contributed by atoms with van der Waals surface area (Å²) in [6, 6.07) is 9.05. The van der Waals surface area contributed by atoms with Crippen molar-refractivity contribution in [2.75, 3.05) is 19.0 Å². The number of nitrogens with one attached hydrogen (secondary N) is 2. The predicted molar refractivity (Wildman–Crippen MR) is 101 cm³/mol. The van der Waals surface area contributed by atoms with Gasteiger partial charge in [-0.05, 0) is 25.1 Å². The number of nitrogens with zero attached hydrogens (tertiary/aromatic N) is 2. The van der Waals surface area contributed by atoms with Crippen molar-refractivity contribution < 1.29 is 19.1 Å². The van der Waals surface area contributed by atoms with Crippen LogP contribution in [0.1, 0.15) is 23.1 Å². The Hall–Kier alpha value is -3.20. The van der Waals surface area contributed by atoms with Crippen molar-refractivity contribution in [3.8, 4) is 17.0 Å². The van der Waals surface area contributed by atoms with Gasteiger partial charge in [-0.2, -0.15) is 5.10 Å². The Kier molecular flexibility index (Phi) is 5.82. The monoisotopic (exact) mass is 386 g/mol. The van der Waals surface area contributed by atoms with Gasteiger partial charge in [-0.25, -0.2) is 4.98 Å². The van der Waals surface area contributed by atoms with Crippen molar-refractivity contribution in [1.82, 2.24) is 15.2 Å². The third-order valence-electron chi connectivity index (χ3n) is 3.59. The lowest BCUT2D eigenvalue weighted by atomic mass is 10.1. The first-order valence-electron chi connectivity index (χ1n) is 8.20. The van der Waals surface area contributed by atoms with Gasteiger partial charge in [-0.15, -0.1) is 11.3 Å². The molecule has 2 aromatic heterocycles. The van der Waals surface area contributed by atoms with Crippen molar-refractivity contribution in [1.29, 1.82) is 0 Å². The van der Waals surface area contributed by atoms with Crippen LogP contribution in [0.4, 0.5) is 5.13 Å². The molecule has 0 unspecified atom stereocenters. The van der Waals surface area contributed by atoms with Crippen LogP contribution in [0.25, 0.3) is 11.3 Å². The van der Waals surface area contributed by atoms with E-state index in [1.165, 1.54) is 11.3 Å². The lowest BCUT2D eigenvalue weighted by Crippen LogP contribution is -2.12. The minimum atomic E-state index is -0.367. The Bertz CT molecular complexity index is 950. The average molecular weight is 386 g/mol. The summed E-state index contributed by atoms with van der Waals surface area (Å²) < 4.78 is 10.1. The summed E-state index contributed by atoms with van der Waals surface area (Å²) in [6.45, 7) is 2.07. The molecule has 0 saturated heterocycles. The summed E-state index contributed by atoms with van der Waals surface area (Å²) in [6.07, 6.45) is 0.0737. The highest BCUT2D eigenvalue weighted by molar-refractivity contribution is 7.14. The zero-order valence-electron chi connectivity index (χ0n) is 14.8. The molecule has 0 atom stereocenters. The number of rotatable bonds is 7. The second-order valence-corrected chi connectivity index (χ2v) is 6.34. The van der Waals surface area contributed by atoms with E-state index in [-0.39, 0.29) is 18.3 Å². The molecule has 0 aliphatic carbocycles. The topological polar surface area (TPSA) is 106 Å². The first-order chi connectivity index (χ1) is 13.1. The number of anilines is 1. The molecule has 0 bridgehead atoms. The number of ether oxygens (including phenoxy) is 2. The smallest absolute Gasteiger partial charge is 0.311 e. The molecule has 1 aromatic carbocycles. The van der Waals surface area contributed by atoms with E-state index in [0.717, 1.165) is 5.56 Å². The minimum Gasteiger partial charge on any atom is -0.497 e. The third kappa shape index (κ3) is 4.70. The van der Waals surface area contributed by atoms with Crippen LogP contribution in [0, 0.1) is 0 Å². The zero-order valence-corrected chi connectivity index (χ0v) is 15.6. The second-order valence-electron chi connectivity index (χ2n) is 5.48. The van der Waals surface area contributed by atoms with Gasteiger partial charge in [-0.3, -0.25) is 20.0 Å². The molecule has 3 aromatic rings. The van der Waals surface area contributed by atoms with E-state index < -0.39 is 0 Å². The maximum atomic E-state index is 12.4. The summed E-state index contributed by atoms with van der Waals surface area (Å²) in [5.74, 6) is -0.00993. The Balaban J connectivity index is 1.66. The van der Waals surface area contributed by atoms with Gasteiger partial charge in [0.25, 0.3) is 5.91 Å². The number of esters is 1. The first kappa shape index (κ1) is 18.6. The molecule has 2 N–H and O–H groups in total. The molecule has 8 nitrogen and oxygen atoms in total. The van der Waals surface area contributed by atoms with Crippen molar-refractivity contribution in [2.45, 2.75) is 13.3 Å². The molecule has 0 fully saturated rings. The van der Waals surface area contributed by atoms with Crippen molar-refractivity contribution in [2.24, 2.45) is 0 Å². The van der Waals surface area contributed by atoms with E-state index in [4.69, 9.17) is 9.47 Å². The minimum absolute atomic E-state index is 0.0737. The van der Waals surface area contributed by atoms with Crippen LogP contribution in [0.5, 0.6) is 5.75 Å². The van der Waals surface area contributed by atoms with Crippen LogP contribution in [0.15, 0.2) is 35.7 Å². The Morgan fingerprint density at radius 1 is 1.30 bits per heavy atom. The van der Waals surface area contributed by atoms with Gasteiger partial charge < -0.3 is 9.47 Å². The SMILES string of the molecule is CCOC(=O)Cc1csc(NC(=O)c2cc(-c3cccc(OC)c3)n[nH]2)n1. The number of aromatic nitrogens is 3. The van der Waals surface area contributed by atoms with Crippen LogP contribution >= 0.6 is 11.3 Å². The van der Waals surface area contributed by atoms with Crippen LogP contribution in [0.3, 0.4) is 0 Å². The number of benzene rings is 1. The molecule has 0 aliphatic rings. The molecule has 9 heteroatoms. The molecule has 27 heavy (non-hydrogen) atoms. The van der Waals surface area contributed by atoms with E-state index in [1.807, 2.05) is 24.3 Å². The zero-order chi connectivity index (χ0) is 19.2. The molecule has 2 heterocycles. The number of thiazole rings is 1. The molecule has 0 radical (unpaired) electrons. The Morgan fingerprint density at radius 3 is 2.93 bits per heavy atom. The van der Waals surface area contributed by atoms with Gasteiger partial charge in [0, 0.05) is 10.9 Å². The standard InChI is InChI=1S/C18H18N4O4S/c1-3-26-16(23)8-12-10-27-18(19-12)20-17(24)15-9-14(21-22-15)11-5-4-6-13(7-11)25-2/h4-7,9-10H,3,8H2,1-2H3,(H,21,22)(H,19,20,24). The highest BCUT2D eigenvalue weighted by atomic mass is 32.1. The predicted octanol–water partition coefficient (Wildman–Crippen LogP) is 2.90. The number of H-pyrrole nitrogens is 1. The Labute approximate surface area is 159 Å². The van der Waals surface area contributed by atoms with Gasteiger partial charge in [0.15, 0.2) is 5.13 Å². The normalized spacial score (nSPS) is 10.4. The third-order valence-corrected chi connectivity index (χ3v) is 4.40. The molecule has 3 rings (SSSR count). The van der Waals surface area contributed by atoms with Crippen LogP contribution in [-0.4, -0.2) is 40.8 Å². The lowest BCUT2D eigenvalue weighted by molar-refractivity contribution is -0.142. The molecule has 140 valence electrons. The van der Waals surface area contributed by atoms with Crippen molar-refractivity contribution >= 4 is 28.3 Å². The van der Waals surface area contributed by atoms with Gasteiger partial charge >= 0.3 is 5.97 Å². The average Bonchev–Trinajstić information content (AvgIpc) is 3.32. The van der Waals surface area contributed by atoms with E-state index in [1.54, 1.807) is 25.5 Å². The largest absolute Gasteiger partial charge is 0.497 e. The lowest BCUT2D eigenvalue weighted by Gasteiger charge is -2.01. The molecular weight excluding hydrogens is 368 g/mol. The number of methoxy groups -OCH3 is 1. The fourth-order valence-electron chi connectivity index (χ4n) is 2.34. The second kappa shape index (κ2) is 8.45. The number of carbonyl (C=O) groups is 2. The molecule has 0 spiro atoms.